The summed E-state index contributed by atoms with van der Waals surface area (Å²) in [5.41, 5.74) is 3.10. The number of hydrogen-bond acceptors (Lipinski definition) is 7. The summed E-state index contributed by atoms with van der Waals surface area (Å²) in [6.07, 6.45) is 1.38. The van der Waals surface area contributed by atoms with Crippen LogP contribution in [0.15, 0.2) is 39.9 Å². The Balaban J connectivity index is 1.64. The molecular formula is C18H16BrN3O6. The number of carbonyl (C=O) groups excluding carboxylic acids is 2. The maximum atomic E-state index is 12.1. The summed E-state index contributed by atoms with van der Waals surface area (Å²) < 4.78 is 21.5. The molecule has 0 radical (unpaired) electrons. The van der Waals surface area contributed by atoms with Crippen molar-refractivity contribution in [2.75, 3.05) is 26.3 Å². The van der Waals surface area contributed by atoms with Gasteiger partial charge < -0.3 is 24.3 Å². The van der Waals surface area contributed by atoms with E-state index in [4.69, 9.17) is 18.9 Å². The minimum absolute atomic E-state index is 0.146. The van der Waals surface area contributed by atoms with Crippen molar-refractivity contribution in [3.63, 3.8) is 0 Å². The number of halogens is 1. The molecule has 0 aromatic heterocycles. The highest BCUT2D eigenvalue weighted by Crippen LogP contribution is 2.36. The third kappa shape index (κ3) is 4.34. The summed E-state index contributed by atoms with van der Waals surface area (Å²) >= 11 is 3.38. The van der Waals surface area contributed by atoms with E-state index < -0.39 is 11.8 Å². The molecule has 2 N–H and O–H groups in total. The maximum absolute atomic E-state index is 12.1. The van der Waals surface area contributed by atoms with Gasteiger partial charge in [0.1, 0.15) is 11.5 Å². The molecule has 0 saturated carbocycles. The zero-order valence-electron chi connectivity index (χ0n) is 14.9. The van der Waals surface area contributed by atoms with E-state index >= 15 is 0 Å². The van der Waals surface area contributed by atoms with E-state index in [-0.39, 0.29) is 6.79 Å². The number of rotatable bonds is 5. The van der Waals surface area contributed by atoms with Gasteiger partial charge in [-0.3, -0.25) is 9.59 Å². The van der Waals surface area contributed by atoms with Gasteiger partial charge >= 0.3 is 11.8 Å². The number of hydrogen-bond donors (Lipinski definition) is 2. The number of fused-ring (bicyclic) bond motifs is 1. The molecular weight excluding hydrogens is 434 g/mol. The number of hydrazone groups is 1. The third-order valence-corrected chi connectivity index (χ3v) is 4.41. The normalized spacial score (nSPS) is 12.0. The molecule has 0 spiro atoms. The first-order valence-corrected chi connectivity index (χ1v) is 8.76. The molecule has 0 bridgehead atoms. The smallest absolute Gasteiger partial charge is 0.329 e. The number of benzene rings is 2. The minimum atomic E-state index is -0.946. The fourth-order valence-corrected chi connectivity index (χ4v) is 2.76. The summed E-state index contributed by atoms with van der Waals surface area (Å²) in [5, 5.41) is 6.25. The highest BCUT2D eigenvalue weighted by Gasteiger charge is 2.17. The molecule has 0 atom stereocenters. The minimum Gasteiger partial charge on any atom is -0.497 e. The van der Waals surface area contributed by atoms with E-state index in [9.17, 15) is 9.59 Å². The number of carbonyl (C=O) groups is 2. The summed E-state index contributed by atoms with van der Waals surface area (Å²) in [5.74, 6) is 0.210. The third-order valence-electron chi connectivity index (χ3n) is 3.72. The molecule has 9 nitrogen and oxygen atoms in total. The van der Waals surface area contributed by atoms with Crippen LogP contribution in [0.5, 0.6) is 23.0 Å². The second kappa shape index (κ2) is 8.61. The molecule has 2 amide bonds. The molecule has 0 aliphatic carbocycles. The van der Waals surface area contributed by atoms with E-state index in [1.54, 1.807) is 24.3 Å². The van der Waals surface area contributed by atoms with E-state index in [1.165, 1.54) is 26.5 Å². The number of ether oxygens (including phenoxy) is 4. The lowest BCUT2D eigenvalue weighted by atomic mass is 10.2. The van der Waals surface area contributed by atoms with Gasteiger partial charge in [0, 0.05) is 16.1 Å². The molecule has 3 rings (SSSR count). The average molecular weight is 450 g/mol. The fourth-order valence-electron chi connectivity index (χ4n) is 2.33. The Bertz CT molecular complexity index is 947. The lowest BCUT2D eigenvalue weighted by Gasteiger charge is -2.11. The highest BCUT2D eigenvalue weighted by molar-refractivity contribution is 9.10. The van der Waals surface area contributed by atoms with E-state index in [1.807, 2.05) is 0 Å². The first-order chi connectivity index (χ1) is 13.5. The van der Waals surface area contributed by atoms with Gasteiger partial charge in [-0.2, -0.15) is 5.10 Å². The lowest BCUT2D eigenvalue weighted by molar-refractivity contribution is -0.136. The van der Waals surface area contributed by atoms with Crippen LogP contribution in [-0.2, 0) is 9.59 Å². The number of nitrogens with one attached hydrogen (secondary N) is 2. The molecule has 0 fully saturated rings. The molecule has 1 aliphatic heterocycles. The van der Waals surface area contributed by atoms with Crippen molar-refractivity contribution in [2.45, 2.75) is 0 Å². The monoisotopic (exact) mass is 449 g/mol. The predicted octanol–water partition coefficient (Wildman–Crippen LogP) is 2.28. The summed E-state index contributed by atoms with van der Waals surface area (Å²) in [6, 6.07) is 8.25. The number of anilines is 1. The molecule has 0 saturated heterocycles. The van der Waals surface area contributed by atoms with Gasteiger partial charge in [-0.1, -0.05) is 0 Å². The van der Waals surface area contributed by atoms with Gasteiger partial charge in [0.25, 0.3) is 0 Å². The predicted molar refractivity (Wildman–Crippen MR) is 104 cm³/mol. The average Bonchev–Trinajstić information content (AvgIpc) is 3.14. The topological polar surface area (TPSA) is 107 Å². The Labute approximate surface area is 168 Å². The van der Waals surface area contributed by atoms with Gasteiger partial charge in [-0.25, -0.2) is 5.43 Å². The molecule has 2 aromatic rings. The largest absolute Gasteiger partial charge is 0.497 e. The Morgan fingerprint density at radius 2 is 1.86 bits per heavy atom. The Morgan fingerprint density at radius 1 is 1.11 bits per heavy atom. The van der Waals surface area contributed by atoms with Crippen molar-refractivity contribution >= 4 is 39.6 Å². The van der Waals surface area contributed by atoms with Gasteiger partial charge in [-0.05, 0) is 40.2 Å². The van der Waals surface area contributed by atoms with Crippen LogP contribution in [0.2, 0.25) is 0 Å². The van der Waals surface area contributed by atoms with Crippen LogP contribution in [0.4, 0.5) is 5.69 Å². The molecule has 10 heteroatoms. The highest BCUT2D eigenvalue weighted by atomic mass is 79.9. The van der Waals surface area contributed by atoms with Crippen LogP contribution in [-0.4, -0.2) is 39.0 Å². The Kier molecular flexibility index (Phi) is 5.99. The Hall–Kier alpha value is -3.27. The van der Waals surface area contributed by atoms with Gasteiger partial charge in [-0.15, -0.1) is 0 Å². The van der Waals surface area contributed by atoms with E-state index in [0.717, 1.165) is 0 Å². The zero-order chi connectivity index (χ0) is 20.1. The van der Waals surface area contributed by atoms with Gasteiger partial charge in [0.15, 0.2) is 11.5 Å². The zero-order valence-corrected chi connectivity index (χ0v) is 16.5. The maximum Gasteiger partial charge on any atom is 0.329 e. The first-order valence-electron chi connectivity index (χ1n) is 7.97. The quantitative estimate of drug-likeness (QED) is 0.411. The van der Waals surface area contributed by atoms with Crippen LogP contribution in [0, 0.1) is 0 Å². The summed E-state index contributed by atoms with van der Waals surface area (Å²) in [6.45, 7) is 0.146. The SMILES string of the molecule is COc1ccc(OC)c(NC(=O)C(=O)NN=Cc2cc3c(cc2Br)OCO3)c1. The standard InChI is InChI=1S/C18H16BrN3O6/c1-25-11-3-4-14(26-2)13(6-11)21-17(23)18(24)22-20-8-10-5-15-16(7-12(10)19)28-9-27-15/h3-8H,9H2,1-2H3,(H,21,23)(H,22,24). The van der Waals surface area contributed by atoms with E-state index in [0.29, 0.717) is 38.7 Å². The molecule has 1 heterocycles. The summed E-state index contributed by atoms with van der Waals surface area (Å²) in [4.78, 5) is 24.1. The van der Waals surface area contributed by atoms with Crippen molar-refractivity contribution in [2.24, 2.45) is 5.10 Å². The number of amides is 2. The molecule has 1 aliphatic rings. The van der Waals surface area contributed by atoms with Crippen molar-refractivity contribution in [1.29, 1.82) is 0 Å². The van der Waals surface area contributed by atoms with Crippen LogP contribution >= 0.6 is 15.9 Å². The van der Waals surface area contributed by atoms with Crippen molar-refractivity contribution in [3.05, 3.63) is 40.4 Å². The van der Waals surface area contributed by atoms with Crippen LogP contribution in [0.3, 0.4) is 0 Å². The second-order valence-corrected chi connectivity index (χ2v) is 6.30. The van der Waals surface area contributed by atoms with Crippen molar-refractivity contribution < 1.29 is 28.5 Å². The summed E-state index contributed by atoms with van der Waals surface area (Å²) in [7, 11) is 2.94. The Morgan fingerprint density at radius 3 is 2.57 bits per heavy atom. The van der Waals surface area contributed by atoms with Gasteiger partial charge in [0.05, 0.1) is 26.1 Å². The molecule has 28 heavy (non-hydrogen) atoms. The number of methoxy groups -OCH3 is 2. The van der Waals surface area contributed by atoms with Crippen LogP contribution < -0.4 is 29.7 Å². The first kappa shape index (κ1) is 19.5. The van der Waals surface area contributed by atoms with Gasteiger partial charge in [0.2, 0.25) is 6.79 Å². The number of nitrogens with zero attached hydrogens (tertiary/aromatic N) is 1. The van der Waals surface area contributed by atoms with Crippen molar-refractivity contribution in [1.82, 2.24) is 5.43 Å². The van der Waals surface area contributed by atoms with Crippen LogP contribution in [0.1, 0.15) is 5.56 Å². The fraction of sp³-hybridized carbons (Fsp3) is 0.167. The second-order valence-electron chi connectivity index (χ2n) is 5.45. The molecule has 146 valence electrons. The van der Waals surface area contributed by atoms with E-state index in [2.05, 4.69) is 31.8 Å². The van der Waals surface area contributed by atoms with Crippen LogP contribution in [0.25, 0.3) is 0 Å². The lowest BCUT2D eigenvalue weighted by Crippen LogP contribution is -2.32. The van der Waals surface area contributed by atoms with Crippen molar-refractivity contribution in [3.8, 4) is 23.0 Å². The molecule has 2 aromatic carbocycles. The molecule has 0 unspecified atom stereocenters.